The highest BCUT2D eigenvalue weighted by atomic mass is 16.6. The Balaban J connectivity index is 1.47. The smallest absolute Gasteiger partial charge is 0.117 e. The van der Waals surface area contributed by atoms with Gasteiger partial charge in [0.15, 0.2) is 0 Å². The van der Waals surface area contributed by atoms with E-state index in [4.69, 9.17) is 10.6 Å². The van der Waals surface area contributed by atoms with E-state index in [2.05, 4.69) is 19.0 Å². The highest BCUT2D eigenvalue weighted by molar-refractivity contribution is 5.63. The summed E-state index contributed by atoms with van der Waals surface area (Å²) in [7, 11) is 0. The van der Waals surface area contributed by atoms with Crippen molar-refractivity contribution in [2.45, 2.75) is 96.2 Å². The quantitative estimate of drug-likeness (QED) is 0.355. The van der Waals surface area contributed by atoms with E-state index in [0.29, 0.717) is 36.8 Å². The van der Waals surface area contributed by atoms with Gasteiger partial charge in [0.05, 0.1) is 11.7 Å². The molecule has 5 heteroatoms. The van der Waals surface area contributed by atoms with E-state index in [1.165, 1.54) is 6.42 Å². The van der Waals surface area contributed by atoms with Crippen LogP contribution in [0, 0.1) is 34.5 Å². The number of unbranched alkanes of at least 4 members (excludes halogenated alkanes) is 1. The van der Waals surface area contributed by atoms with Crippen LogP contribution in [0.1, 0.15) is 84.5 Å². The first-order valence-electron chi connectivity index (χ1n) is 12.1. The molecule has 4 aliphatic carbocycles. The van der Waals surface area contributed by atoms with Crippen molar-refractivity contribution in [3.05, 3.63) is 0 Å². The number of aliphatic hydroxyl groups excluding tert-OH is 1. The van der Waals surface area contributed by atoms with Crippen molar-refractivity contribution in [3.63, 3.8) is 0 Å². The first kappa shape index (κ1) is 21.6. The number of fused-ring (bicyclic) bond motifs is 5. The third kappa shape index (κ3) is 3.45. The lowest BCUT2D eigenvalue weighted by atomic mass is 9.43. The topological polar surface area (TPSA) is 88.1 Å². The van der Waals surface area contributed by atoms with Gasteiger partial charge in [-0.2, -0.15) is 0 Å². The second-order valence-electron chi connectivity index (χ2n) is 11.0. The van der Waals surface area contributed by atoms with Crippen molar-refractivity contribution >= 4 is 6.21 Å². The third-order valence-corrected chi connectivity index (χ3v) is 9.90. The zero-order chi connectivity index (χ0) is 20.7. The molecule has 0 aliphatic heterocycles. The van der Waals surface area contributed by atoms with Crippen molar-refractivity contribution < 1.29 is 15.1 Å². The molecular formula is C24H42N2O3. The van der Waals surface area contributed by atoms with Gasteiger partial charge < -0.3 is 20.8 Å². The maximum absolute atomic E-state index is 12.1. The third-order valence-electron chi connectivity index (χ3n) is 9.90. The molecule has 3 unspecified atom stereocenters. The van der Waals surface area contributed by atoms with Gasteiger partial charge in [0.2, 0.25) is 0 Å². The summed E-state index contributed by atoms with van der Waals surface area (Å²) in [5, 5.41) is 26.6. The average molecular weight is 407 g/mol. The molecule has 8 atom stereocenters. The van der Waals surface area contributed by atoms with Gasteiger partial charge in [-0.1, -0.05) is 19.0 Å². The Morgan fingerprint density at radius 1 is 1.03 bits per heavy atom. The fourth-order valence-corrected chi connectivity index (χ4v) is 7.96. The number of nitrogens with two attached hydrogens (primary N) is 1. The van der Waals surface area contributed by atoms with Crippen LogP contribution in [-0.4, -0.2) is 41.3 Å². The van der Waals surface area contributed by atoms with Crippen molar-refractivity contribution in [1.29, 1.82) is 0 Å². The molecular weight excluding hydrogens is 364 g/mol. The minimum Gasteiger partial charge on any atom is -0.396 e. The van der Waals surface area contributed by atoms with Crippen LogP contribution in [0.15, 0.2) is 5.16 Å². The number of aliphatic hydroxyl groups is 2. The second-order valence-corrected chi connectivity index (χ2v) is 11.0. The van der Waals surface area contributed by atoms with E-state index in [0.717, 1.165) is 64.2 Å². The van der Waals surface area contributed by atoms with Crippen LogP contribution >= 0.6 is 0 Å². The van der Waals surface area contributed by atoms with Gasteiger partial charge in [-0.05, 0) is 100 Å². The molecule has 4 fully saturated rings. The van der Waals surface area contributed by atoms with Crippen LogP contribution in [0.5, 0.6) is 0 Å². The van der Waals surface area contributed by atoms with Gasteiger partial charge in [-0.15, -0.1) is 0 Å². The molecule has 4 rings (SSSR count). The number of oxime groups is 1. The molecule has 0 saturated heterocycles. The van der Waals surface area contributed by atoms with Crippen LogP contribution < -0.4 is 5.73 Å². The number of hydrogen-bond acceptors (Lipinski definition) is 5. The van der Waals surface area contributed by atoms with Crippen molar-refractivity contribution in [2.24, 2.45) is 45.4 Å². The molecule has 4 N–H and O–H groups in total. The highest BCUT2D eigenvalue weighted by Gasteiger charge is 2.66. The summed E-state index contributed by atoms with van der Waals surface area (Å²) in [5.74, 6) is 1.90. The van der Waals surface area contributed by atoms with Gasteiger partial charge in [0, 0.05) is 17.5 Å². The van der Waals surface area contributed by atoms with E-state index < -0.39 is 5.60 Å². The van der Waals surface area contributed by atoms with Crippen LogP contribution in [0.4, 0.5) is 0 Å². The minimum atomic E-state index is -0.587. The fourth-order valence-electron chi connectivity index (χ4n) is 7.96. The molecule has 29 heavy (non-hydrogen) atoms. The standard InChI is InChI=1S/C24H42N2O3/c1-22-10-8-19(27)15-17(22)5-6-21-20(22)9-11-23(2)18(7-12-24(21,23)28)16-26-29-14-4-3-13-25/h16-21,27-28H,3-15,25H2,1-2H3/t17?,18?,19?,20-,21-,22+,23-,24-/m1/s1. The minimum absolute atomic E-state index is 0.102. The molecule has 0 aromatic carbocycles. The van der Waals surface area contributed by atoms with Gasteiger partial charge >= 0.3 is 0 Å². The zero-order valence-electron chi connectivity index (χ0n) is 18.5. The first-order valence-corrected chi connectivity index (χ1v) is 12.1. The molecule has 166 valence electrons. The molecule has 0 amide bonds. The molecule has 0 radical (unpaired) electrons. The lowest BCUT2D eigenvalue weighted by Gasteiger charge is -2.63. The van der Waals surface area contributed by atoms with Crippen molar-refractivity contribution in [1.82, 2.24) is 0 Å². The molecule has 0 heterocycles. The van der Waals surface area contributed by atoms with E-state index >= 15 is 0 Å². The maximum Gasteiger partial charge on any atom is 0.117 e. The Labute approximate surface area is 176 Å². The van der Waals surface area contributed by atoms with Crippen LogP contribution in [0.25, 0.3) is 0 Å². The van der Waals surface area contributed by atoms with Crippen molar-refractivity contribution in [3.8, 4) is 0 Å². The molecule has 0 aromatic rings. The Kier molecular flexibility index (Phi) is 6.04. The Morgan fingerprint density at radius 3 is 2.66 bits per heavy atom. The van der Waals surface area contributed by atoms with Gasteiger partial charge in [-0.25, -0.2) is 0 Å². The molecule has 4 saturated carbocycles. The normalized spacial score (nSPS) is 49.5. The molecule has 0 bridgehead atoms. The number of hydrogen-bond donors (Lipinski definition) is 3. The van der Waals surface area contributed by atoms with Gasteiger partial charge in [0.1, 0.15) is 6.61 Å². The SMILES string of the molecule is C[C@]12CCC(O)CC1CC[C@@H]1[C@H]2CC[C@]2(C)C(C=NOCCCCN)CC[C@@]12O. The predicted molar refractivity (Wildman–Crippen MR) is 115 cm³/mol. The van der Waals surface area contributed by atoms with Crippen LogP contribution in [0.2, 0.25) is 0 Å². The largest absolute Gasteiger partial charge is 0.396 e. The summed E-state index contributed by atoms with van der Waals surface area (Å²) < 4.78 is 0. The summed E-state index contributed by atoms with van der Waals surface area (Å²) in [6.45, 7) is 6.09. The second kappa shape index (κ2) is 8.12. The summed E-state index contributed by atoms with van der Waals surface area (Å²) in [6.07, 6.45) is 13.2. The van der Waals surface area contributed by atoms with E-state index in [1.54, 1.807) is 0 Å². The number of nitrogens with zero attached hydrogens (tertiary/aromatic N) is 1. The molecule has 0 spiro atoms. The molecule has 5 nitrogen and oxygen atoms in total. The zero-order valence-corrected chi connectivity index (χ0v) is 18.5. The fraction of sp³-hybridized carbons (Fsp3) is 0.958. The van der Waals surface area contributed by atoms with E-state index in [1.807, 2.05) is 6.21 Å². The Bertz CT molecular complexity index is 613. The number of rotatable bonds is 6. The van der Waals surface area contributed by atoms with Crippen LogP contribution in [0.3, 0.4) is 0 Å². The lowest BCUT2D eigenvalue weighted by Crippen LogP contribution is -2.62. The highest BCUT2D eigenvalue weighted by Crippen LogP contribution is 2.68. The van der Waals surface area contributed by atoms with E-state index in [-0.39, 0.29) is 16.9 Å². The van der Waals surface area contributed by atoms with Gasteiger partial charge in [-0.3, -0.25) is 0 Å². The van der Waals surface area contributed by atoms with Gasteiger partial charge in [0.25, 0.3) is 0 Å². The lowest BCUT2D eigenvalue weighted by molar-refractivity contribution is -0.206. The summed E-state index contributed by atoms with van der Waals surface area (Å²) >= 11 is 0. The average Bonchev–Trinajstić information content (AvgIpc) is 2.96. The molecule has 0 aromatic heterocycles. The Morgan fingerprint density at radius 2 is 1.86 bits per heavy atom. The van der Waals surface area contributed by atoms with E-state index in [9.17, 15) is 10.2 Å². The predicted octanol–water partition coefficient (Wildman–Crippen LogP) is 3.86. The summed E-state index contributed by atoms with van der Waals surface area (Å²) in [6, 6.07) is 0. The summed E-state index contributed by atoms with van der Waals surface area (Å²) in [5.41, 5.74) is 5.12. The van der Waals surface area contributed by atoms with Crippen LogP contribution in [-0.2, 0) is 4.84 Å². The Hall–Kier alpha value is -0.650. The molecule has 4 aliphatic rings. The maximum atomic E-state index is 12.1. The monoisotopic (exact) mass is 406 g/mol. The first-order chi connectivity index (χ1) is 13.8. The van der Waals surface area contributed by atoms with Crippen molar-refractivity contribution in [2.75, 3.05) is 13.2 Å². The summed E-state index contributed by atoms with van der Waals surface area (Å²) in [4.78, 5) is 5.47.